The molecular weight excluding hydrogens is 370 g/mol. The zero-order chi connectivity index (χ0) is 20.5. The van der Waals surface area contributed by atoms with Gasteiger partial charge < -0.3 is 25.4 Å². The van der Waals surface area contributed by atoms with Crippen molar-refractivity contribution in [2.75, 3.05) is 58.9 Å². The van der Waals surface area contributed by atoms with Gasteiger partial charge in [-0.3, -0.25) is 14.7 Å². The summed E-state index contributed by atoms with van der Waals surface area (Å²) in [5.74, 6) is 0.852. The van der Waals surface area contributed by atoms with Crippen molar-refractivity contribution in [3.8, 4) is 0 Å². The highest BCUT2D eigenvalue weighted by atomic mass is 16.5. The van der Waals surface area contributed by atoms with E-state index in [2.05, 4.69) is 32.1 Å². The van der Waals surface area contributed by atoms with Gasteiger partial charge in [0.1, 0.15) is 6.26 Å². The molecule has 2 fully saturated rings. The Balaban J connectivity index is 1.41. The van der Waals surface area contributed by atoms with E-state index in [4.69, 9.17) is 15.2 Å². The maximum Gasteiger partial charge on any atom is 0.221 e. The lowest BCUT2D eigenvalue weighted by Gasteiger charge is -2.36. The zero-order valence-corrected chi connectivity index (χ0v) is 17.6. The van der Waals surface area contributed by atoms with Gasteiger partial charge in [-0.1, -0.05) is 5.16 Å². The van der Waals surface area contributed by atoms with Gasteiger partial charge in [0, 0.05) is 58.4 Å². The lowest BCUT2D eigenvalue weighted by atomic mass is 9.97. The van der Waals surface area contributed by atoms with Crippen molar-refractivity contribution >= 4 is 11.9 Å². The van der Waals surface area contributed by atoms with Gasteiger partial charge >= 0.3 is 0 Å². The fraction of sp³-hybridized carbons (Fsp3) is 0.750. The van der Waals surface area contributed by atoms with Crippen molar-refractivity contribution in [3.63, 3.8) is 0 Å². The normalized spacial score (nSPS) is 22.0. The van der Waals surface area contributed by atoms with Gasteiger partial charge in [0.25, 0.3) is 0 Å². The molecule has 0 aliphatic carbocycles. The molecular formula is C20H35N7O2. The average molecular weight is 406 g/mol. The Bertz CT molecular complexity index is 641. The van der Waals surface area contributed by atoms with E-state index in [-0.39, 0.29) is 11.8 Å². The van der Waals surface area contributed by atoms with Crippen molar-refractivity contribution in [2.45, 2.75) is 32.7 Å². The largest absolute Gasteiger partial charge is 0.369 e. The number of nitrogens with one attached hydrogen (secondary N) is 1. The van der Waals surface area contributed by atoms with Crippen LogP contribution in [-0.4, -0.2) is 90.6 Å². The van der Waals surface area contributed by atoms with Crippen LogP contribution in [0.2, 0.25) is 0 Å². The van der Waals surface area contributed by atoms with Gasteiger partial charge in [0.05, 0.1) is 11.6 Å². The highest BCUT2D eigenvalue weighted by Crippen LogP contribution is 2.16. The van der Waals surface area contributed by atoms with Gasteiger partial charge in [0.15, 0.2) is 5.96 Å². The molecule has 1 aromatic heterocycles. The number of piperidine rings is 1. The number of likely N-dealkylation sites (tertiary alicyclic amines) is 1. The van der Waals surface area contributed by atoms with Gasteiger partial charge in [0.2, 0.25) is 5.91 Å². The highest BCUT2D eigenvalue weighted by molar-refractivity contribution is 5.80. The Morgan fingerprint density at radius 1 is 1.31 bits per heavy atom. The quantitative estimate of drug-likeness (QED) is 0.365. The van der Waals surface area contributed by atoms with Crippen LogP contribution in [0.25, 0.3) is 0 Å². The summed E-state index contributed by atoms with van der Waals surface area (Å²) in [7, 11) is 0. The Morgan fingerprint density at radius 3 is 2.83 bits per heavy atom. The van der Waals surface area contributed by atoms with Crippen LogP contribution in [-0.2, 0) is 11.3 Å². The lowest BCUT2D eigenvalue weighted by Crippen LogP contribution is -2.52. The summed E-state index contributed by atoms with van der Waals surface area (Å²) in [4.78, 5) is 23.4. The molecule has 1 unspecified atom stereocenters. The molecule has 9 nitrogen and oxygen atoms in total. The number of carbonyl (C=O) groups is 1. The number of amides is 1. The van der Waals surface area contributed by atoms with E-state index in [1.807, 2.05) is 6.07 Å². The number of carbonyl (C=O) groups excluding carboxylic acids is 1. The van der Waals surface area contributed by atoms with Crippen LogP contribution in [0.4, 0.5) is 0 Å². The van der Waals surface area contributed by atoms with Crippen molar-refractivity contribution in [2.24, 2.45) is 16.6 Å². The Hall–Kier alpha value is -2.13. The minimum atomic E-state index is -0.162. The monoisotopic (exact) mass is 405 g/mol. The van der Waals surface area contributed by atoms with E-state index < -0.39 is 0 Å². The fourth-order valence-electron chi connectivity index (χ4n) is 4.06. The number of primary amides is 1. The number of nitrogens with two attached hydrogens (primary N) is 1. The van der Waals surface area contributed by atoms with Gasteiger partial charge in [-0.2, -0.15) is 0 Å². The number of aliphatic imine (C=N–C) groups is 1. The van der Waals surface area contributed by atoms with Crippen LogP contribution in [0.5, 0.6) is 0 Å². The predicted octanol–water partition coefficient (Wildman–Crippen LogP) is 0.345. The number of nitrogens with zero attached hydrogens (tertiary/aromatic N) is 5. The Kier molecular flexibility index (Phi) is 8.30. The molecule has 0 radical (unpaired) electrons. The molecule has 0 spiro atoms. The standard InChI is InChI=1S/C20H35N7O2/c1-2-22-20(23-7-4-9-25-8-3-5-17(15-25)19(21)28)27-12-10-26(11-13-27)16-18-6-14-29-24-18/h6,14,17H,2-5,7-13,15-16H2,1H3,(H2,21,28)(H,22,23). The first kappa shape index (κ1) is 21.6. The molecule has 1 atom stereocenters. The van der Waals surface area contributed by atoms with Crippen molar-refractivity contribution in [1.29, 1.82) is 0 Å². The van der Waals surface area contributed by atoms with E-state index in [0.717, 1.165) is 96.4 Å². The third kappa shape index (κ3) is 6.71. The van der Waals surface area contributed by atoms with Crippen molar-refractivity contribution in [1.82, 2.24) is 25.2 Å². The van der Waals surface area contributed by atoms with Gasteiger partial charge in [-0.05, 0) is 39.3 Å². The molecule has 3 rings (SSSR count). The van der Waals surface area contributed by atoms with Gasteiger partial charge in [-0.25, -0.2) is 0 Å². The molecule has 1 aromatic rings. The Morgan fingerprint density at radius 2 is 2.14 bits per heavy atom. The third-order valence-electron chi connectivity index (χ3n) is 5.69. The first-order valence-corrected chi connectivity index (χ1v) is 10.8. The summed E-state index contributed by atoms with van der Waals surface area (Å²) in [6.07, 6.45) is 4.60. The molecule has 0 bridgehead atoms. The van der Waals surface area contributed by atoms with E-state index >= 15 is 0 Å². The van der Waals surface area contributed by atoms with Crippen LogP contribution in [0.1, 0.15) is 31.9 Å². The van der Waals surface area contributed by atoms with Crippen LogP contribution >= 0.6 is 0 Å². The fourth-order valence-corrected chi connectivity index (χ4v) is 4.06. The first-order valence-electron chi connectivity index (χ1n) is 10.8. The molecule has 162 valence electrons. The molecule has 29 heavy (non-hydrogen) atoms. The summed E-state index contributed by atoms with van der Waals surface area (Å²) in [6, 6.07) is 1.92. The molecule has 0 aromatic carbocycles. The van der Waals surface area contributed by atoms with E-state index in [1.165, 1.54) is 0 Å². The summed E-state index contributed by atoms with van der Waals surface area (Å²) in [6.45, 7) is 11.3. The molecule has 1 amide bonds. The second-order valence-corrected chi connectivity index (χ2v) is 7.89. The molecule has 3 N–H and O–H groups in total. The molecule has 2 aliphatic heterocycles. The van der Waals surface area contributed by atoms with E-state index in [1.54, 1.807) is 6.26 Å². The SMILES string of the molecule is CCNC(=NCCCN1CCCC(C(N)=O)C1)N1CCN(Cc2ccon2)CC1. The number of hydrogen-bond acceptors (Lipinski definition) is 6. The highest BCUT2D eigenvalue weighted by Gasteiger charge is 2.23. The smallest absolute Gasteiger partial charge is 0.221 e. The minimum absolute atomic E-state index is 0.0121. The van der Waals surface area contributed by atoms with Crippen LogP contribution in [0.3, 0.4) is 0 Å². The first-order chi connectivity index (χ1) is 14.2. The summed E-state index contributed by atoms with van der Waals surface area (Å²) in [5.41, 5.74) is 6.46. The zero-order valence-electron chi connectivity index (χ0n) is 17.6. The number of piperazine rings is 1. The van der Waals surface area contributed by atoms with Gasteiger partial charge in [-0.15, -0.1) is 0 Å². The van der Waals surface area contributed by atoms with Crippen LogP contribution in [0, 0.1) is 5.92 Å². The molecule has 2 saturated heterocycles. The summed E-state index contributed by atoms with van der Waals surface area (Å²) >= 11 is 0. The van der Waals surface area contributed by atoms with E-state index in [0.29, 0.717) is 0 Å². The maximum absolute atomic E-state index is 11.4. The second kappa shape index (κ2) is 11.2. The number of guanidine groups is 1. The number of rotatable bonds is 8. The predicted molar refractivity (Wildman–Crippen MR) is 112 cm³/mol. The summed E-state index contributed by atoms with van der Waals surface area (Å²) < 4.78 is 4.92. The number of hydrogen-bond donors (Lipinski definition) is 2. The number of aromatic nitrogens is 1. The molecule has 9 heteroatoms. The molecule has 3 heterocycles. The molecule has 0 saturated carbocycles. The Labute approximate surface area is 173 Å². The van der Waals surface area contributed by atoms with E-state index in [9.17, 15) is 4.79 Å². The second-order valence-electron chi connectivity index (χ2n) is 7.89. The minimum Gasteiger partial charge on any atom is -0.369 e. The summed E-state index contributed by atoms with van der Waals surface area (Å²) in [5, 5.41) is 7.43. The molecule has 2 aliphatic rings. The third-order valence-corrected chi connectivity index (χ3v) is 5.69. The topological polar surface area (TPSA) is 103 Å². The van der Waals surface area contributed by atoms with Crippen molar-refractivity contribution in [3.05, 3.63) is 18.0 Å². The maximum atomic E-state index is 11.4. The lowest BCUT2D eigenvalue weighted by molar-refractivity contribution is -0.123. The van der Waals surface area contributed by atoms with Crippen molar-refractivity contribution < 1.29 is 9.32 Å². The average Bonchev–Trinajstić information content (AvgIpc) is 3.24. The van der Waals surface area contributed by atoms with Crippen LogP contribution in [0.15, 0.2) is 21.8 Å². The van der Waals surface area contributed by atoms with Crippen LogP contribution < -0.4 is 11.1 Å².